The summed E-state index contributed by atoms with van der Waals surface area (Å²) in [5.41, 5.74) is 0. The Morgan fingerprint density at radius 3 is 1.90 bits per heavy atom. The Hall–Kier alpha value is -2.76. The Balaban J connectivity index is 0.000000380. The van der Waals surface area contributed by atoms with E-state index in [1.165, 1.54) is 0 Å². The predicted octanol–water partition coefficient (Wildman–Crippen LogP) is 2.43. The van der Waals surface area contributed by atoms with Crippen molar-refractivity contribution in [2.75, 3.05) is 0 Å². The average Bonchev–Trinajstić information content (AvgIpc) is 2.27. The van der Waals surface area contributed by atoms with Crippen LogP contribution >= 0.6 is 0 Å². The summed E-state index contributed by atoms with van der Waals surface area (Å²) >= 11 is 0. The van der Waals surface area contributed by atoms with Crippen molar-refractivity contribution < 1.29 is 30.0 Å². The van der Waals surface area contributed by atoms with Crippen LogP contribution in [0.4, 0.5) is 0 Å². The summed E-state index contributed by atoms with van der Waals surface area (Å²) in [6.45, 7) is 2.17. The molecule has 0 amide bonds. The van der Waals surface area contributed by atoms with Crippen molar-refractivity contribution in [3.05, 3.63) is 36.4 Å². The Morgan fingerprint density at radius 2 is 1.40 bits per heavy atom. The molecule has 0 unspecified atom stereocenters. The van der Waals surface area contributed by atoms with Crippen LogP contribution in [0.2, 0.25) is 0 Å². The summed E-state index contributed by atoms with van der Waals surface area (Å²) in [5.74, 6) is -1.21. The molecule has 0 saturated carbocycles. The zero-order valence-electron chi connectivity index (χ0n) is 11.1. The van der Waals surface area contributed by atoms with Crippen LogP contribution in [0.1, 0.15) is 13.8 Å². The second kappa shape index (κ2) is 8.36. The molecule has 2 rings (SSSR count). The number of hydrogen-bond donors (Lipinski definition) is 4. The minimum absolute atomic E-state index is 0.216. The van der Waals surface area contributed by atoms with Crippen LogP contribution < -0.4 is 0 Å². The number of carboxylic acids is 2. The molecule has 108 valence electrons. The number of fused-ring (bicyclic) bond motifs is 1. The first-order chi connectivity index (χ1) is 9.23. The van der Waals surface area contributed by atoms with Crippen LogP contribution in [-0.4, -0.2) is 32.4 Å². The van der Waals surface area contributed by atoms with Gasteiger partial charge in [-0.3, -0.25) is 9.59 Å². The lowest BCUT2D eigenvalue weighted by molar-refractivity contribution is -0.135. The molecule has 0 radical (unpaired) electrons. The molecule has 0 aliphatic heterocycles. The second-order valence-corrected chi connectivity index (χ2v) is 3.72. The minimum Gasteiger partial charge on any atom is -0.508 e. The van der Waals surface area contributed by atoms with Crippen molar-refractivity contribution in [2.24, 2.45) is 0 Å². The number of phenols is 2. The van der Waals surface area contributed by atoms with Gasteiger partial charge in [-0.15, -0.1) is 0 Å². The maximum atomic E-state index is 9.38. The topological polar surface area (TPSA) is 115 Å². The molecule has 6 heteroatoms. The normalized spacial score (nSPS) is 8.70. The van der Waals surface area contributed by atoms with E-state index in [0.29, 0.717) is 0 Å². The van der Waals surface area contributed by atoms with Gasteiger partial charge >= 0.3 is 0 Å². The Labute approximate surface area is 115 Å². The lowest BCUT2D eigenvalue weighted by Crippen LogP contribution is -1.78. The maximum absolute atomic E-state index is 9.38. The number of carboxylic acid groups (broad SMARTS) is 2. The number of aliphatic carboxylic acids is 2. The van der Waals surface area contributed by atoms with E-state index in [2.05, 4.69) is 0 Å². The largest absolute Gasteiger partial charge is 0.508 e. The quantitative estimate of drug-likeness (QED) is 0.589. The van der Waals surface area contributed by atoms with Gasteiger partial charge in [0.05, 0.1) is 0 Å². The number of benzene rings is 2. The van der Waals surface area contributed by atoms with E-state index < -0.39 is 11.9 Å². The first-order valence-corrected chi connectivity index (χ1v) is 5.53. The van der Waals surface area contributed by atoms with Crippen molar-refractivity contribution >= 4 is 22.7 Å². The van der Waals surface area contributed by atoms with Gasteiger partial charge in [0.25, 0.3) is 11.9 Å². The van der Waals surface area contributed by atoms with E-state index in [-0.39, 0.29) is 11.5 Å². The molecule has 6 nitrogen and oxygen atoms in total. The highest BCUT2D eigenvalue weighted by atomic mass is 16.4. The molecule has 20 heavy (non-hydrogen) atoms. The number of hydrogen-bond acceptors (Lipinski definition) is 4. The molecule has 0 spiro atoms. The van der Waals surface area contributed by atoms with Crippen molar-refractivity contribution in [3.63, 3.8) is 0 Å². The molecule has 0 aliphatic carbocycles. The molecular formula is C14H16O6. The molecule has 2 aromatic rings. The minimum atomic E-state index is -0.833. The monoisotopic (exact) mass is 280 g/mol. The van der Waals surface area contributed by atoms with E-state index in [9.17, 15) is 5.11 Å². The summed E-state index contributed by atoms with van der Waals surface area (Å²) in [4.78, 5) is 18.0. The Morgan fingerprint density at radius 1 is 0.900 bits per heavy atom. The van der Waals surface area contributed by atoms with Crippen LogP contribution in [0.25, 0.3) is 10.8 Å². The standard InChI is InChI=1S/C10H8O2.2C2H4O2/c11-8-4-5-9-7(6-8)2-1-3-10(9)12;2*1-2(3)4/h1-6,11-12H;2*1H3,(H,3,4). The highest BCUT2D eigenvalue weighted by Crippen LogP contribution is 2.26. The number of aromatic hydroxyl groups is 2. The highest BCUT2D eigenvalue weighted by molar-refractivity contribution is 5.88. The second-order valence-electron chi connectivity index (χ2n) is 3.72. The van der Waals surface area contributed by atoms with Gasteiger partial charge in [0, 0.05) is 19.2 Å². The van der Waals surface area contributed by atoms with E-state index in [4.69, 9.17) is 24.9 Å². The first kappa shape index (κ1) is 17.2. The fourth-order valence-electron chi connectivity index (χ4n) is 1.25. The number of carbonyl (C=O) groups is 2. The van der Waals surface area contributed by atoms with Crippen LogP contribution in [0.5, 0.6) is 11.5 Å². The number of rotatable bonds is 0. The third-order valence-electron chi connectivity index (χ3n) is 1.84. The van der Waals surface area contributed by atoms with Crippen LogP contribution in [0, 0.1) is 0 Å². The Kier molecular flexibility index (Phi) is 7.21. The zero-order valence-corrected chi connectivity index (χ0v) is 11.1. The molecule has 0 saturated heterocycles. The number of phenolic OH excluding ortho intramolecular Hbond substituents is 2. The van der Waals surface area contributed by atoms with Gasteiger partial charge in [0.2, 0.25) is 0 Å². The van der Waals surface area contributed by atoms with Crippen LogP contribution in [0.15, 0.2) is 36.4 Å². The summed E-state index contributed by atoms with van der Waals surface area (Å²) in [7, 11) is 0. The fraction of sp³-hybridized carbons (Fsp3) is 0.143. The van der Waals surface area contributed by atoms with Crippen LogP contribution in [0.3, 0.4) is 0 Å². The lowest BCUT2D eigenvalue weighted by atomic mass is 10.1. The van der Waals surface area contributed by atoms with Gasteiger partial charge in [-0.25, -0.2) is 0 Å². The molecule has 0 bridgehead atoms. The molecule has 0 atom stereocenters. The van der Waals surface area contributed by atoms with Gasteiger partial charge in [-0.2, -0.15) is 0 Å². The first-order valence-electron chi connectivity index (χ1n) is 5.53. The molecular weight excluding hydrogens is 264 g/mol. The van der Waals surface area contributed by atoms with Crippen LogP contribution in [-0.2, 0) is 9.59 Å². The van der Waals surface area contributed by atoms with Gasteiger partial charge in [0.15, 0.2) is 0 Å². The molecule has 0 heterocycles. The van der Waals surface area contributed by atoms with Crippen molar-refractivity contribution in [1.29, 1.82) is 0 Å². The van der Waals surface area contributed by atoms with Crippen molar-refractivity contribution in [1.82, 2.24) is 0 Å². The third kappa shape index (κ3) is 7.54. The van der Waals surface area contributed by atoms with Gasteiger partial charge < -0.3 is 20.4 Å². The smallest absolute Gasteiger partial charge is 0.300 e. The summed E-state index contributed by atoms with van der Waals surface area (Å²) < 4.78 is 0. The summed E-state index contributed by atoms with van der Waals surface area (Å²) in [6, 6.07) is 10.1. The molecule has 0 aliphatic rings. The van der Waals surface area contributed by atoms with E-state index >= 15 is 0 Å². The van der Waals surface area contributed by atoms with E-state index in [1.807, 2.05) is 6.07 Å². The van der Waals surface area contributed by atoms with E-state index in [1.54, 1.807) is 30.3 Å². The maximum Gasteiger partial charge on any atom is 0.300 e. The molecule has 0 fully saturated rings. The third-order valence-corrected chi connectivity index (χ3v) is 1.84. The summed E-state index contributed by atoms with van der Waals surface area (Å²) in [5, 5.41) is 35.0. The highest BCUT2D eigenvalue weighted by Gasteiger charge is 1.98. The molecule has 0 aromatic heterocycles. The van der Waals surface area contributed by atoms with Gasteiger partial charge in [0.1, 0.15) is 11.5 Å². The van der Waals surface area contributed by atoms with E-state index in [0.717, 1.165) is 24.6 Å². The molecule has 2 aromatic carbocycles. The lowest BCUT2D eigenvalue weighted by Gasteiger charge is -1.99. The summed E-state index contributed by atoms with van der Waals surface area (Å²) in [6.07, 6.45) is 0. The average molecular weight is 280 g/mol. The van der Waals surface area contributed by atoms with Gasteiger partial charge in [-0.05, 0) is 29.7 Å². The molecule has 4 N–H and O–H groups in total. The van der Waals surface area contributed by atoms with Crippen molar-refractivity contribution in [3.8, 4) is 11.5 Å². The fourth-order valence-corrected chi connectivity index (χ4v) is 1.25. The van der Waals surface area contributed by atoms with Gasteiger partial charge in [-0.1, -0.05) is 12.1 Å². The zero-order chi connectivity index (χ0) is 15.7. The SMILES string of the molecule is CC(=O)O.CC(=O)O.Oc1ccc2c(O)cccc2c1. The van der Waals surface area contributed by atoms with Crippen molar-refractivity contribution in [2.45, 2.75) is 13.8 Å². The predicted molar refractivity (Wildman–Crippen MR) is 73.9 cm³/mol. The Bertz CT molecular complexity index is 571.